The Labute approximate surface area is 194 Å². The van der Waals surface area contributed by atoms with Crippen LogP contribution in [-0.4, -0.2) is 41.7 Å². The first kappa shape index (κ1) is 23.1. The van der Waals surface area contributed by atoms with Gasteiger partial charge in [-0.1, -0.05) is 29.4 Å². The second-order valence-electron chi connectivity index (χ2n) is 7.16. The quantitative estimate of drug-likeness (QED) is 0.467. The van der Waals surface area contributed by atoms with Gasteiger partial charge in [-0.15, -0.1) is 4.40 Å². The van der Waals surface area contributed by atoms with Gasteiger partial charge in [0.2, 0.25) is 5.82 Å². The number of nitrogens with zero attached hydrogens (tertiary/aromatic N) is 4. The van der Waals surface area contributed by atoms with Gasteiger partial charge in [0, 0.05) is 6.20 Å². The van der Waals surface area contributed by atoms with Gasteiger partial charge >= 0.3 is 16.2 Å². The summed E-state index contributed by atoms with van der Waals surface area (Å²) in [5, 5.41) is 3.68. The summed E-state index contributed by atoms with van der Waals surface area (Å²) in [6.07, 6.45) is 1.17. The lowest BCUT2D eigenvalue weighted by molar-refractivity contribution is -0.140. The molecule has 0 atom stereocenters. The Morgan fingerprint density at radius 2 is 1.88 bits per heavy atom. The van der Waals surface area contributed by atoms with Crippen molar-refractivity contribution in [2.75, 3.05) is 7.11 Å². The highest BCUT2D eigenvalue weighted by molar-refractivity contribution is 7.88. The number of benzene rings is 2. The van der Waals surface area contributed by atoms with Gasteiger partial charge in [0.05, 0.1) is 30.5 Å². The zero-order chi connectivity index (χ0) is 24.3. The first-order chi connectivity index (χ1) is 16.3. The minimum Gasteiger partial charge on any atom is -0.497 e. The normalized spacial score (nSPS) is 14.9. The highest BCUT2D eigenvalue weighted by Crippen LogP contribution is 2.23. The van der Waals surface area contributed by atoms with E-state index in [1.807, 2.05) is 0 Å². The molecule has 34 heavy (non-hydrogen) atoms. The first-order valence-corrected chi connectivity index (χ1v) is 11.3. The molecule has 0 aliphatic carbocycles. The van der Waals surface area contributed by atoms with Gasteiger partial charge in [-0.3, -0.25) is 4.31 Å². The molecule has 2 aromatic carbocycles. The third kappa shape index (κ3) is 4.96. The zero-order valence-corrected chi connectivity index (χ0v) is 19.0. The van der Waals surface area contributed by atoms with E-state index in [0.29, 0.717) is 11.3 Å². The van der Waals surface area contributed by atoms with Gasteiger partial charge in [-0.25, -0.2) is 9.18 Å². The third-order valence-corrected chi connectivity index (χ3v) is 6.17. The largest absolute Gasteiger partial charge is 0.497 e. The third-order valence-electron chi connectivity index (χ3n) is 4.83. The molecule has 4 rings (SSSR count). The molecule has 3 aromatic rings. The van der Waals surface area contributed by atoms with Crippen LogP contribution in [0.5, 0.6) is 5.75 Å². The van der Waals surface area contributed by atoms with Gasteiger partial charge in [-0.2, -0.15) is 13.4 Å². The number of carbonyl (C=O) groups excluding carboxylic acids is 1. The average molecular weight is 486 g/mol. The predicted molar refractivity (Wildman–Crippen MR) is 118 cm³/mol. The number of esters is 1. The first-order valence-electron chi connectivity index (χ1n) is 9.95. The van der Waals surface area contributed by atoms with E-state index >= 15 is 0 Å². The van der Waals surface area contributed by atoms with E-state index in [2.05, 4.69) is 14.5 Å². The van der Waals surface area contributed by atoms with E-state index < -0.39 is 22.0 Å². The topological polar surface area (TPSA) is 124 Å². The van der Waals surface area contributed by atoms with Crippen LogP contribution in [-0.2, 0) is 32.9 Å². The summed E-state index contributed by atoms with van der Waals surface area (Å²) >= 11 is 0. The lowest BCUT2D eigenvalue weighted by Gasteiger charge is -2.23. The number of hydrogen-bond acceptors (Lipinski definition) is 8. The monoisotopic (exact) mass is 486 g/mol. The number of aromatic nitrogens is 2. The van der Waals surface area contributed by atoms with Crippen LogP contribution in [0.2, 0.25) is 0 Å². The second-order valence-corrected chi connectivity index (χ2v) is 8.71. The minimum atomic E-state index is -4.02. The van der Waals surface area contributed by atoms with E-state index in [1.165, 1.54) is 38.4 Å². The highest BCUT2D eigenvalue weighted by atomic mass is 32.2. The van der Waals surface area contributed by atoms with Crippen molar-refractivity contribution in [3.8, 4) is 17.2 Å². The van der Waals surface area contributed by atoms with Gasteiger partial charge in [0.1, 0.15) is 11.6 Å². The summed E-state index contributed by atoms with van der Waals surface area (Å²) in [7, 11) is -2.50. The summed E-state index contributed by atoms with van der Waals surface area (Å²) in [4.78, 5) is 16.7. The van der Waals surface area contributed by atoms with Crippen LogP contribution in [0.1, 0.15) is 18.3 Å². The number of halogens is 1. The fraction of sp³-hybridized carbons (Fsp3) is 0.182. The molecular weight excluding hydrogens is 467 g/mol. The molecule has 2 heterocycles. The Morgan fingerprint density at radius 1 is 1.15 bits per heavy atom. The van der Waals surface area contributed by atoms with Gasteiger partial charge in [0.15, 0.2) is 6.61 Å². The van der Waals surface area contributed by atoms with Crippen molar-refractivity contribution in [1.29, 1.82) is 0 Å². The Hall–Kier alpha value is -4.06. The van der Waals surface area contributed by atoms with Crippen molar-refractivity contribution >= 4 is 21.9 Å². The number of rotatable bonds is 7. The molecule has 0 N–H and O–H groups in total. The molecular formula is C22H19FN4O6S. The fourth-order valence-corrected chi connectivity index (χ4v) is 4.18. The summed E-state index contributed by atoms with van der Waals surface area (Å²) < 4.78 is 58.8. The maximum Gasteiger partial charge on any atom is 0.344 e. The van der Waals surface area contributed by atoms with E-state index in [1.54, 1.807) is 30.3 Å². The van der Waals surface area contributed by atoms with Crippen molar-refractivity contribution in [1.82, 2.24) is 14.4 Å². The number of carbonyl (C=O) groups is 1. The minimum absolute atomic E-state index is 0.0142. The van der Waals surface area contributed by atoms with Crippen molar-refractivity contribution < 1.29 is 31.6 Å². The number of ether oxygens (including phenoxy) is 2. The SMILES string of the molecule is COc1ccc(CN2C=C(C(=O)OCc3noc(-c4ccccc4F)n3)C(C)=NS2(=O)=O)cc1. The fourth-order valence-electron chi connectivity index (χ4n) is 3.08. The van der Waals surface area contributed by atoms with E-state index in [9.17, 15) is 17.6 Å². The van der Waals surface area contributed by atoms with E-state index in [4.69, 9.17) is 14.0 Å². The number of methoxy groups -OCH3 is 1. The molecule has 1 aromatic heterocycles. The van der Waals surface area contributed by atoms with Gasteiger partial charge < -0.3 is 14.0 Å². The smallest absolute Gasteiger partial charge is 0.344 e. The Morgan fingerprint density at radius 3 is 2.59 bits per heavy atom. The number of hydrogen-bond donors (Lipinski definition) is 0. The molecule has 0 amide bonds. The molecule has 0 saturated heterocycles. The molecule has 10 nitrogen and oxygen atoms in total. The van der Waals surface area contributed by atoms with Crippen LogP contribution < -0.4 is 4.74 Å². The lowest BCUT2D eigenvalue weighted by atomic mass is 10.2. The Bertz CT molecular complexity index is 1380. The second kappa shape index (κ2) is 9.43. The van der Waals surface area contributed by atoms with E-state index in [0.717, 1.165) is 4.31 Å². The highest BCUT2D eigenvalue weighted by Gasteiger charge is 2.29. The summed E-state index contributed by atoms with van der Waals surface area (Å²) in [6.45, 7) is 0.976. The van der Waals surface area contributed by atoms with Crippen LogP contribution in [0.4, 0.5) is 4.39 Å². The summed E-state index contributed by atoms with van der Waals surface area (Å²) in [5.41, 5.74) is 0.720. The molecule has 176 valence electrons. The van der Waals surface area contributed by atoms with Crippen molar-refractivity contribution in [3.63, 3.8) is 0 Å². The van der Waals surface area contributed by atoms with Gasteiger partial charge in [0.25, 0.3) is 5.89 Å². The van der Waals surface area contributed by atoms with Crippen LogP contribution >= 0.6 is 0 Å². The summed E-state index contributed by atoms with van der Waals surface area (Å²) in [5.74, 6) is -0.783. The molecule has 0 unspecified atom stereocenters. The molecule has 0 radical (unpaired) electrons. The average Bonchev–Trinajstić information content (AvgIpc) is 3.28. The van der Waals surface area contributed by atoms with Crippen LogP contribution in [0.25, 0.3) is 11.5 Å². The standard InChI is InChI=1S/C22H19FN4O6S/c1-14-18(12-27(34(29,30)26-14)11-15-7-9-16(31-2)10-8-15)22(28)32-13-20-24-21(33-25-20)17-5-3-4-6-19(17)23/h3-10,12H,11,13H2,1-2H3. The molecule has 1 aliphatic rings. The maximum absolute atomic E-state index is 13.9. The van der Waals surface area contributed by atoms with E-state index in [-0.39, 0.29) is 41.7 Å². The van der Waals surface area contributed by atoms with Crippen LogP contribution in [0.3, 0.4) is 0 Å². The summed E-state index contributed by atoms with van der Waals surface area (Å²) in [6, 6.07) is 12.7. The Balaban J connectivity index is 1.47. The van der Waals surface area contributed by atoms with Crippen LogP contribution in [0.15, 0.2) is 69.2 Å². The van der Waals surface area contributed by atoms with Crippen molar-refractivity contribution in [2.45, 2.75) is 20.1 Å². The molecule has 12 heteroatoms. The van der Waals surface area contributed by atoms with Gasteiger partial charge in [-0.05, 0) is 36.8 Å². The predicted octanol–water partition coefficient (Wildman–Crippen LogP) is 3.03. The zero-order valence-electron chi connectivity index (χ0n) is 18.1. The molecule has 0 saturated carbocycles. The maximum atomic E-state index is 13.9. The Kier molecular flexibility index (Phi) is 6.41. The molecule has 0 spiro atoms. The van der Waals surface area contributed by atoms with Crippen molar-refractivity contribution in [3.05, 3.63) is 77.5 Å². The van der Waals surface area contributed by atoms with Crippen molar-refractivity contribution in [2.24, 2.45) is 4.40 Å². The lowest BCUT2D eigenvalue weighted by Crippen LogP contribution is -2.31. The molecule has 0 bridgehead atoms. The molecule has 1 aliphatic heterocycles. The molecule has 0 fully saturated rings. The van der Waals surface area contributed by atoms with Crippen LogP contribution in [0, 0.1) is 5.82 Å².